The predicted octanol–water partition coefficient (Wildman–Crippen LogP) is 4.96. The fourth-order valence-electron chi connectivity index (χ4n) is 8.11. The van der Waals surface area contributed by atoms with Gasteiger partial charge in [-0.3, -0.25) is 24.0 Å². The van der Waals surface area contributed by atoms with Gasteiger partial charge in [-0.2, -0.15) is 0 Å². The Morgan fingerprint density at radius 1 is 0.719 bits per heavy atom. The molecule has 0 saturated carbocycles. The highest BCUT2D eigenvalue weighted by Crippen LogP contribution is 2.33. The van der Waals surface area contributed by atoms with Crippen LogP contribution < -0.4 is 26.4 Å². The summed E-state index contributed by atoms with van der Waals surface area (Å²) < 4.78 is 5.84. The first kappa shape index (κ1) is 48.8. The van der Waals surface area contributed by atoms with E-state index in [9.17, 15) is 24.3 Å². The van der Waals surface area contributed by atoms with Gasteiger partial charge >= 0.3 is 0 Å². The minimum absolute atomic E-state index is 0.0313. The maximum atomic E-state index is 15.1. The molecule has 15 heteroatoms. The van der Waals surface area contributed by atoms with Crippen molar-refractivity contribution in [3.63, 3.8) is 0 Å². The highest BCUT2D eigenvalue weighted by Gasteiger charge is 2.38. The molecule has 0 bridgehead atoms. The number of carbonyl (C=O) groups is 5. The van der Waals surface area contributed by atoms with Crippen LogP contribution in [-0.4, -0.2) is 119 Å². The van der Waals surface area contributed by atoms with Gasteiger partial charge in [0.05, 0.1) is 19.3 Å². The number of amides is 5. The van der Waals surface area contributed by atoms with E-state index in [1.807, 2.05) is 93.6 Å². The SMILES string of the molecule is CCCCC(C(=O)N(C)C(CCCC)C(=O)NC)N(C)C(=O)C(Cc1c(-c2ccc(OCCC)cc2)[nH]c2ccccc12)NC(=O)C(CO)NC(=O)C(N)Cc1c[nH]c2ccccc12. The Morgan fingerprint density at radius 3 is 1.97 bits per heavy atom. The van der Waals surface area contributed by atoms with Crippen LogP contribution in [0.3, 0.4) is 0 Å². The van der Waals surface area contributed by atoms with Gasteiger partial charge in [0.25, 0.3) is 0 Å². The lowest BCUT2D eigenvalue weighted by Crippen LogP contribution is -2.60. The van der Waals surface area contributed by atoms with E-state index in [2.05, 4.69) is 25.9 Å². The molecule has 0 aliphatic heterocycles. The summed E-state index contributed by atoms with van der Waals surface area (Å²) in [6.07, 6.45) is 6.43. The van der Waals surface area contributed by atoms with Gasteiger partial charge in [0, 0.05) is 61.3 Å². The van der Waals surface area contributed by atoms with Gasteiger partial charge in [-0.15, -0.1) is 0 Å². The summed E-state index contributed by atoms with van der Waals surface area (Å²) >= 11 is 0. The molecule has 5 aromatic rings. The number of unbranched alkanes of at least 4 members (excludes halogenated alkanes) is 2. The molecule has 5 unspecified atom stereocenters. The molecular weight excluding hydrogens is 813 g/mol. The fourth-order valence-corrected chi connectivity index (χ4v) is 8.11. The third-order valence-electron chi connectivity index (χ3n) is 11.8. The number of rotatable bonds is 24. The fraction of sp³-hybridized carbons (Fsp3) is 0.449. The van der Waals surface area contributed by atoms with Crippen molar-refractivity contribution >= 4 is 51.3 Å². The average Bonchev–Trinajstić information content (AvgIpc) is 3.90. The number of aliphatic hydroxyl groups is 1. The van der Waals surface area contributed by atoms with E-state index in [0.29, 0.717) is 31.6 Å². The minimum atomic E-state index is -1.46. The summed E-state index contributed by atoms with van der Waals surface area (Å²) in [7, 11) is 4.65. The largest absolute Gasteiger partial charge is 0.494 e. The van der Waals surface area contributed by atoms with Gasteiger partial charge in [-0.25, -0.2) is 0 Å². The first-order valence-electron chi connectivity index (χ1n) is 22.5. The van der Waals surface area contributed by atoms with Crippen LogP contribution in [0.4, 0.5) is 0 Å². The van der Waals surface area contributed by atoms with E-state index in [1.54, 1.807) is 13.2 Å². The standard InChI is InChI=1S/C49H66N8O7/c1-7-10-20-42(47(61)51-4)56(5)49(63)43(21-11-8-2)57(6)48(62)40(28-36-35-17-13-15-19-39(35)53-44(36)31-22-24-33(25-23-31)64-26-9-3)54-46(60)41(30-58)55-45(59)37(50)27-32-29-52-38-18-14-12-16-34(32)38/h12-19,22-25,29,37,40-43,52-53,58H,7-11,20-21,26-28,30,50H2,1-6H3,(H,51,61)(H,54,60)(H,55,59). The van der Waals surface area contributed by atoms with E-state index in [1.165, 1.54) is 23.9 Å². The van der Waals surface area contributed by atoms with Crippen LogP contribution in [0, 0.1) is 0 Å². The lowest BCUT2D eigenvalue weighted by atomic mass is 9.96. The molecule has 64 heavy (non-hydrogen) atoms. The van der Waals surface area contributed by atoms with Crippen LogP contribution in [0.15, 0.2) is 79.0 Å². The summed E-state index contributed by atoms with van der Waals surface area (Å²) in [5, 5.41) is 20.4. The Labute approximate surface area is 375 Å². The van der Waals surface area contributed by atoms with Crippen LogP contribution in [-0.2, 0) is 36.8 Å². The number of hydrogen-bond acceptors (Lipinski definition) is 8. The van der Waals surface area contributed by atoms with Crippen LogP contribution in [0.5, 0.6) is 5.75 Å². The van der Waals surface area contributed by atoms with Gasteiger partial charge in [-0.1, -0.05) is 82.9 Å². The quantitative estimate of drug-likeness (QED) is 0.0449. The minimum Gasteiger partial charge on any atom is -0.494 e. The zero-order valence-electron chi connectivity index (χ0n) is 38.0. The average molecular weight is 879 g/mol. The predicted molar refractivity (Wildman–Crippen MR) is 250 cm³/mol. The summed E-state index contributed by atoms with van der Waals surface area (Å²) in [5.41, 5.74) is 11.1. The van der Waals surface area contributed by atoms with E-state index in [4.69, 9.17) is 10.5 Å². The number of benzene rings is 3. The van der Waals surface area contributed by atoms with Gasteiger partial charge < -0.3 is 51.3 Å². The van der Waals surface area contributed by atoms with E-state index < -0.39 is 60.4 Å². The number of ether oxygens (including phenoxy) is 1. The van der Waals surface area contributed by atoms with E-state index in [-0.39, 0.29) is 18.7 Å². The molecular formula is C49H66N8O7. The van der Waals surface area contributed by atoms with Crippen LogP contribution in [0.1, 0.15) is 76.8 Å². The van der Waals surface area contributed by atoms with Crippen molar-refractivity contribution in [2.45, 2.75) is 109 Å². The molecule has 0 radical (unpaired) electrons. The van der Waals surface area contributed by atoms with Crippen molar-refractivity contribution in [1.82, 2.24) is 35.7 Å². The molecule has 344 valence electrons. The Bertz CT molecular complexity index is 2340. The molecule has 2 heterocycles. The van der Waals surface area contributed by atoms with Crippen molar-refractivity contribution in [1.29, 1.82) is 0 Å². The van der Waals surface area contributed by atoms with Crippen molar-refractivity contribution in [2.75, 3.05) is 34.4 Å². The van der Waals surface area contributed by atoms with Crippen molar-refractivity contribution in [3.05, 3.63) is 90.1 Å². The normalized spacial score (nSPS) is 13.7. The lowest BCUT2D eigenvalue weighted by molar-refractivity contribution is -0.149. The number of H-pyrrole nitrogens is 2. The lowest BCUT2D eigenvalue weighted by Gasteiger charge is -2.36. The Morgan fingerprint density at radius 2 is 1.33 bits per heavy atom. The number of para-hydroxylation sites is 2. The number of nitrogens with one attached hydrogen (secondary N) is 5. The smallest absolute Gasteiger partial charge is 0.245 e. The van der Waals surface area contributed by atoms with Crippen molar-refractivity contribution in [3.8, 4) is 17.0 Å². The van der Waals surface area contributed by atoms with Crippen molar-refractivity contribution < 1.29 is 33.8 Å². The summed E-state index contributed by atoms with van der Waals surface area (Å²) in [6, 6.07) is 17.4. The summed E-state index contributed by atoms with van der Waals surface area (Å²) in [5.74, 6) is -2.03. The molecule has 5 amide bonds. The second-order valence-electron chi connectivity index (χ2n) is 16.4. The molecule has 0 spiro atoms. The molecule has 0 saturated heterocycles. The number of likely N-dealkylation sites (N-methyl/N-ethyl adjacent to an activating group) is 3. The third-order valence-corrected chi connectivity index (χ3v) is 11.8. The zero-order chi connectivity index (χ0) is 46.3. The number of nitrogens with two attached hydrogens (primary N) is 1. The van der Waals surface area contributed by atoms with Gasteiger partial charge in [0.15, 0.2) is 0 Å². The summed E-state index contributed by atoms with van der Waals surface area (Å²) in [4.78, 5) is 79.9. The molecule has 0 fully saturated rings. The second kappa shape index (κ2) is 23.5. The second-order valence-corrected chi connectivity index (χ2v) is 16.4. The number of fused-ring (bicyclic) bond motifs is 2. The molecule has 0 aliphatic rings. The van der Waals surface area contributed by atoms with E-state index >= 15 is 4.79 Å². The Kier molecular flexibility index (Phi) is 17.9. The number of aromatic amines is 2. The number of aromatic nitrogens is 2. The first-order valence-corrected chi connectivity index (χ1v) is 22.5. The van der Waals surface area contributed by atoms with Crippen molar-refractivity contribution in [2.24, 2.45) is 5.73 Å². The maximum absolute atomic E-state index is 15.1. The number of hydrogen-bond donors (Lipinski definition) is 7. The Hall–Kier alpha value is -6.19. The topological polar surface area (TPSA) is 215 Å². The Balaban J connectivity index is 1.49. The summed E-state index contributed by atoms with van der Waals surface area (Å²) in [6.45, 7) is 5.83. The first-order chi connectivity index (χ1) is 30.9. The third kappa shape index (κ3) is 11.9. The highest BCUT2D eigenvalue weighted by atomic mass is 16.5. The van der Waals surface area contributed by atoms with Crippen LogP contribution in [0.25, 0.3) is 33.1 Å². The molecule has 15 nitrogen and oxygen atoms in total. The van der Waals surface area contributed by atoms with Gasteiger partial charge in [-0.05, 0) is 78.8 Å². The van der Waals surface area contributed by atoms with Crippen LogP contribution >= 0.6 is 0 Å². The molecule has 3 aromatic carbocycles. The monoisotopic (exact) mass is 879 g/mol. The van der Waals surface area contributed by atoms with Crippen LogP contribution in [0.2, 0.25) is 0 Å². The zero-order valence-corrected chi connectivity index (χ0v) is 38.0. The maximum Gasteiger partial charge on any atom is 0.245 e. The molecule has 8 N–H and O–H groups in total. The van der Waals surface area contributed by atoms with E-state index in [0.717, 1.165) is 69.9 Å². The molecule has 0 aliphatic carbocycles. The highest BCUT2D eigenvalue weighted by molar-refractivity contribution is 5.98. The van der Waals surface area contributed by atoms with Gasteiger partial charge in [0.1, 0.15) is 29.9 Å². The number of nitrogens with zero attached hydrogens (tertiary/aromatic N) is 2. The number of aliphatic hydroxyl groups excluding tert-OH is 1. The molecule has 2 aromatic heterocycles. The number of carbonyl (C=O) groups excluding carboxylic acids is 5. The molecule has 5 rings (SSSR count). The molecule has 5 atom stereocenters. The van der Waals surface area contributed by atoms with Gasteiger partial charge in [0.2, 0.25) is 29.5 Å².